The smallest absolute Gasteiger partial charge is 0.211 e. The van der Waals surface area contributed by atoms with E-state index in [1.54, 1.807) is 6.08 Å². The largest absolute Gasteiger partial charge is 0.240 e. The third kappa shape index (κ3) is 3.80. The van der Waals surface area contributed by atoms with Crippen molar-refractivity contribution < 1.29 is 4.79 Å². The molecule has 0 amide bonds. The molecule has 0 aliphatic heterocycles. The molecule has 1 fully saturated rings. The lowest BCUT2D eigenvalue weighted by Crippen LogP contribution is -2.08. The summed E-state index contributed by atoms with van der Waals surface area (Å²) in [6.45, 7) is 2.23. The first-order chi connectivity index (χ1) is 9.86. The van der Waals surface area contributed by atoms with Crippen molar-refractivity contribution in [2.45, 2.75) is 70.6 Å². The number of aryl methyl sites for hydroxylation is 1. The number of isocyanates is 1. The van der Waals surface area contributed by atoms with Crippen LogP contribution in [0.2, 0.25) is 0 Å². The fourth-order valence-corrected chi connectivity index (χ4v) is 3.39. The highest BCUT2D eigenvalue weighted by Gasteiger charge is 2.21. The minimum atomic E-state index is 0.591. The van der Waals surface area contributed by atoms with E-state index in [0.717, 1.165) is 12.1 Å². The Labute approximate surface area is 122 Å². The maximum absolute atomic E-state index is 10.7. The Balaban J connectivity index is 2.28. The van der Waals surface area contributed by atoms with Crippen LogP contribution in [-0.4, -0.2) is 6.08 Å². The van der Waals surface area contributed by atoms with Crippen molar-refractivity contribution in [2.24, 2.45) is 4.99 Å². The van der Waals surface area contributed by atoms with Gasteiger partial charge in [-0.25, -0.2) is 4.79 Å². The first-order valence-corrected chi connectivity index (χ1v) is 8.06. The molecule has 1 aliphatic carbocycles. The molecule has 0 bridgehead atoms. The first-order valence-electron chi connectivity index (χ1n) is 8.06. The Morgan fingerprint density at radius 3 is 2.70 bits per heavy atom. The first kappa shape index (κ1) is 15.0. The molecule has 2 nitrogen and oxygen atoms in total. The summed E-state index contributed by atoms with van der Waals surface area (Å²) >= 11 is 0. The Bertz CT molecular complexity index is 468. The number of rotatable bonds is 6. The average molecular weight is 271 g/mol. The van der Waals surface area contributed by atoms with Crippen LogP contribution in [0.25, 0.3) is 0 Å². The van der Waals surface area contributed by atoms with Gasteiger partial charge in [0, 0.05) is 0 Å². The molecule has 0 spiro atoms. The van der Waals surface area contributed by atoms with Crippen LogP contribution in [-0.2, 0) is 11.2 Å². The average Bonchev–Trinajstić information content (AvgIpc) is 2.49. The molecule has 0 aromatic heterocycles. The molecule has 0 atom stereocenters. The van der Waals surface area contributed by atoms with Crippen molar-refractivity contribution in [1.29, 1.82) is 0 Å². The third-order valence-electron chi connectivity index (χ3n) is 4.40. The maximum Gasteiger partial charge on any atom is 0.240 e. The van der Waals surface area contributed by atoms with Crippen LogP contribution < -0.4 is 0 Å². The summed E-state index contributed by atoms with van der Waals surface area (Å²) in [7, 11) is 0. The molecule has 2 heteroatoms. The standard InChI is InChI=1S/C18H25NO/c1-2-3-5-9-16-12-8-13-17(19-14-20)18(16)15-10-6-4-7-11-15/h8,12-13,15H,2-7,9-11H2,1H3. The van der Waals surface area contributed by atoms with Gasteiger partial charge in [-0.1, -0.05) is 51.2 Å². The van der Waals surface area contributed by atoms with E-state index in [4.69, 9.17) is 0 Å². The molecular weight excluding hydrogens is 246 g/mol. The summed E-state index contributed by atoms with van der Waals surface area (Å²) in [6.07, 6.45) is 13.0. The van der Waals surface area contributed by atoms with Gasteiger partial charge >= 0.3 is 0 Å². The van der Waals surface area contributed by atoms with Gasteiger partial charge in [0.2, 0.25) is 6.08 Å². The summed E-state index contributed by atoms with van der Waals surface area (Å²) < 4.78 is 0. The highest BCUT2D eigenvalue weighted by atomic mass is 16.1. The van der Waals surface area contributed by atoms with Crippen LogP contribution in [0.5, 0.6) is 0 Å². The summed E-state index contributed by atoms with van der Waals surface area (Å²) in [4.78, 5) is 14.7. The highest BCUT2D eigenvalue weighted by Crippen LogP contribution is 2.39. The zero-order chi connectivity index (χ0) is 14.2. The predicted octanol–water partition coefficient (Wildman–Crippen LogP) is 5.43. The number of unbranched alkanes of at least 4 members (excludes halogenated alkanes) is 2. The van der Waals surface area contributed by atoms with E-state index in [1.165, 1.54) is 62.5 Å². The van der Waals surface area contributed by atoms with Crippen molar-refractivity contribution in [3.05, 3.63) is 29.3 Å². The zero-order valence-corrected chi connectivity index (χ0v) is 12.5. The molecule has 1 aromatic rings. The van der Waals surface area contributed by atoms with Gasteiger partial charge in [-0.15, -0.1) is 0 Å². The summed E-state index contributed by atoms with van der Waals surface area (Å²) in [5, 5.41) is 0. The molecule has 20 heavy (non-hydrogen) atoms. The van der Waals surface area contributed by atoms with Gasteiger partial charge in [0.05, 0.1) is 5.69 Å². The van der Waals surface area contributed by atoms with Crippen molar-refractivity contribution in [3.63, 3.8) is 0 Å². The quantitative estimate of drug-likeness (QED) is 0.385. The van der Waals surface area contributed by atoms with Crippen LogP contribution >= 0.6 is 0 Å². The number of hydrogen-bond donors (Lipinski definition) is 0. The number of carbonyl (C=O) groups excluding carboxylic acids is 1. The number of aliphatic imine (C=N–C) groups is 1. The molecule has 0 saturated heterocycles. The number of hydrogen-bond acceptors (Lipinski definition) is 2. The SMILES string of the molecule is CCCCCc1cccc(N=C=O)c1C1CCCCC1. The van der Waals surface area contributed by atoms with Crippen LogP contribution in [0.4, 0.5) is 5.69 Å². The minimum absolute atomic E-state index is 0.591. The summed E-state index contributed by atoms with van der Waals surface area (Å²) in [5.41, 5.74) is 3.61. The molecule has 1 saturated carbocycles. The summed E-state index contributed by atoms with van der Waals surface area (Å²) in [6, 6.07) is 6.23. The Morgan fingerprint density at radius 2 is 2.00 bits per heavy atom. The van der Waals surface area contributed by atoms with Crippen molar-refractivity contribution >= 4 is 11.8 Å². The fourth-order valence-electron chi connectivity index (χ4n) is 3.39. The lowest BCUT2D eigenvalue weighted by Gasteiger charge is -2.25. The lowest BCUT2D eigenvalue weighted by atomic mass is 9.80. The van der Waals surface area contributed by atoms with E-state index in [2.05, 4.69) is 18.0 Å². The second-order valence-electron chi connectivity index (χ2n) is 5.85. The second kappa shape index (κ2) is 8.01. The summed E-state index contributed by atoms with van der Waals surface area (Å²) in [5.74, 6) is 0.591. The van der Waals surface area contributed by atoms with E-state index < -0.39 is 0 Å². The topological polar surface area (TPSA) is 29.4 Å². The van der Waals surface area contributed by atoms with Crippen LogP contribution in [0.1, 0.15) is 75.3 Å². The van der Waals surface area contributed by atoms with E-state index in [9.17, 15) is 4.79 Å². The van der Waals surface area contributed by atoms with Crippen molar-refractivity contribution in [3.8, 4) is 0 Å². The van der Waals surface area contributed by atoms with Crippen LogP contribution in [0.3, 0.4) is 0 Å². The molecule has 0 radical (unpaired) electrons. The monoisotopic (exact) mass is 271 g/mol. The van der Waals surface area contributed by atoms with Crippen LogP contribution in [0.15, 0.2) is 23.2 Å². The van der Waals surface area contributed by atoms with Gasteiger partial charge in [0.25, 0.3) is 0 Å². The Morgan fingerprint density at radius 1 is 1.20 bits per heavy atom. The molecule has 108 valence electrons. The molecule has 0 unspecified atom stereocenters. The molecule has 0 N–H and O–H groups in total. The normalized spacial score (nSPS) is 15.8. The van der Waals surface area contributed by atoms with Crippen molar-refractivity contribution in [1.82, 2.24) is 0 Å². The Kier molecular flexibility index (Phi) is 6.01. The van der Waals surface area contributed by atoms with E-state index in [1.807, 2.05) is 12.1 Å². The van der Waals surface area contributed by atoms with Gasteiger partial charge in [0.1, 0.15) is 0 Å². The minimum Gasteiger partial charge on any atom is -0.211 e. The Hall–Kier alpha value is -1.40. The number of nitrogens with zero attached hydrogens (tertiary/aromatic N) is 1. The fraction of sp³-hybridized carbons (Fsp3) is 0.611. The van der Waals surface area contributed by atoms with Gasteiger partial charge in [-0.2, -0.15) is 4.99 Å². The molecule has 2 rings (SSSR count). The van der Waals surface area contributed by atoms with E-state index in [0.29, 0.717) is 5.92 Å². The lowest BCUT2D eigenvalue weighted by molar-refractivity contribution is 0.441. The van der Waals surface area contributed by atoms with Crippen LogP contribution in [0, 0.1) is 0 Å². The van der Waals surface area contributed by atoms with E-state index in [-0.39, 0.29) is 0 Å². The molecule has 1 aromatic carbocycles. The number of benzene rings is 1. The van der Waals surface area contributed by atoms with Crippen molar-refractivity contribution in [2.75, 3.05) is 0 Å². The molecule has 1 aliphatic rings. The van der Waals surface area contributed by atoms with Gasteiger partial charge < -0.3 is 0 Å². The molecular formula is C18H25NO. The van der Waals surface area contributed by atoms with E-state index >= 15 is 0 Å². The van der Waals surface area contributed by atoms with Gasteiger partial charge in [0.15, 0.2) is 0 Å². The van der Waals surface area contributed by atoms with Gasteiger partial charge in [-0.05, 0) is 48.8 Å². The maximum atomic E-state index is 10.7. The zero-order valence-electron chi connectivity index (χ0n) is 12.5. The second-order valence-corrected chi connectivity index (χ2v) is 5.85. The predicted molar refractivity (Wildman–Crippen MR) is 83.3 cm³/mol. The molecule has 0 heterocycles. The third-order valence-corrected chi connectivity index (χ3v) is 4.40. The van der Waals surface area contributed by atoms with Gasteiger partial charge in [-0.3, -0.25) is 0 Å². The highest BCUT2D eigenvalue weighted by molar-refractivity contribution is 5.57.